The van der Waals surface area contributed by atoms with Crippen LogP contribution in [-0.2, 0) is 19.8 Å². The van der Waals surface area contributed by atoms with E-state index in [1.807, 2.05) is 14.1 Å². The Morgan fingerprint density at radius 1 is 1.20 bits per heavy atom. The second kappa shape index (κ2) is 9.46. The fraction of sp³-hybridized carbons (Fsp3) is 0.550. The SMILES string of the molecule is CN=C(NCc1ncnn1C)NCC1CCCN(C)C1c1ccc(C(F)(F)F)cc1. The highest BCUT2D eigenvalue weighted by Crippen LogP contribution is 2.36. The van der Waals surface area contributed by atoms with Crippen molar-refractivity contribution in [2.45, 2.75) is 31.6 Å². The molecule has 30 heavy (non-hydrogen) atoms. The Balaban J connectivity index is 1.64. The number of aryl methyl sites for hydroxylation is 1. The number of aliphatic imine (C=N–C) groups is 1. The molecular weight excluding hydrogens is 395 g/mol. The lowest BCUT2D eigenvalue weighted by Gasteiger charge is -2.40. The van der Waals surface area contributed by atoms with Crippen LogP contribution in [0.25, 0.3) is 0 Å². The highest BCUT2D eigenvalue weighted by Gasteiger charge is 2.33. The van der Waals surface area contributed by atoms with Gasteiger partial charge in [0.25, 0.3) is 0 Å². The number of benzene rings is 1. The first-order chi connectivity index (χ1) is 14.3. The summed E-state index contributed by atoms with van der Waals surface area (Å²) >= 11 is 0. The van der Waals surface area contributed by atoms with Crippen LogP contribution in [0.4, 0.5) is 13.2 Å². The summed E-state index contributed by atoms with van der Waals surface area (Å²) in [4.78, 5) is 10.6. The van der Waals surface area contributed by atoms with Crippen LogP contribution in [-0.4, -0.2) is 52.8 Å². The lowest BCUT2D eigenvalue weighted by Crippen LogP contribution is -2.45. The van der Waals surface area contributed by atoms with Crippen molar-refractivity contribution in [3.63, 3.8) is 0 Å². The number of piperidine rings is 1. The average Bonchev–Trinajstić information content (AvgIpc) is 3.12. The summed E-state index contributed by atoms with van der Waals surface area (Å²) in [5.74, 6) is 1.68. The van der Waals surface area contributed by atoms with Crippen molar-refractivity contribution in [2.24, 2.45) is 18.0 Å². The molecule has 10 heteroatoms. The van der Waals surface area contributed by atoms with Crippen LogP contribution in [0.5, 0.6) is 0 Å². The Morgan fingerprint density at radius 3 is 2.53 bits per heavy atom. The third kappa shape index (κ3) is 5.29. The van der Waals surface area contributed by atoms with E-state index in [4.69, 9.17) is 0 Å². The molecule has 0 bridgehead atoms. The van der Waals surface area contributed by atoms with Crippen LogP contribution in [0, 0.1) is 5.92 Å². The van der Waals surface area contributed by atoms with Crippen LogP contribution in [0.1, 0.15) is 35.8 Å². The molecule has 1 aromatic carbocycles. The quantitative estimate of drug-likeness (QED) is 0.572. The van der Waals surface area contributed by atoms with Crippen molar-refractivity contribution in [3.8, 4) is 0 Å². The molecule has 0 spiro atoms. The van der Waals surface area contributed by atoms with Crippen LogP contribution in [0.15, 0.2) is 35.6 Å². The van der Waals surface area contributed by atoms with Gasteiger partial charge in [0.2, 0.25) is 0 Å². The van der Waals surface area contributed by atoms with Crippen LogP contribution < -0.4 is 10.6 Å². The van der Waals surface area contributed by atoms with Gasteiger partial charge in [-0.25, -0.2) is 4.98 Å². The topological polar surface area (TPSA) is 70.4 Å². The predicted octanol–water partition coefficient (Wildman–Crippen LogP) is 2.58. The molecule has 1 saturated heterocycles. The lowest BCUT2D eigenvalue weighted by molar-refractivity contribution is -0.137. The normalized spacial score (nSPS) is 20.9. The van der Waals surface area contributed by atoms with E-state index in [1.54, 1.807) is 23.9 Å². The van der Waals surface area contributed by atoms with Gasteiger partial charge in [-0.2, -0.15) is 18.3 Å². The molecule has 0 saturated carbocycles. The van der Waals surface area contributed by atoms with E-state index in [-0.39, 0.29) is 12.0 Å². The van der Waals surface area contributed by atoms with Gasteiger partial charge in [0, 0.05) is 26.7 Å². The Hall–Kier alpha value is -2.62. The molecule has 2 unspecified atom stereocenters. The second-order valence-electron chi connectivity index (χ2n) is 7.55. The van der Waals surface area contributed by atoms with E-state index in [0.29, 0.717) is 19.0 Å². The molecule has 0 aliphatic carbocycles. The smallest absolute Gasteiger partial charge is 0.356 e. The fourth-order valence-electron chi connectivity index (χ4n) is 3.96. The number of halogens is 3. The Kier molecular flexibility index (Phi) is 6.96. The Bertz CT molecular complexity index is 845. The molecule has 164 valence electrons. The fourth-order valence-corrected chi connectivity index (χ4v) is 3.96. The molecule has 1 aliphatic rings. The van der Waals surface area contributed by atoms with Crippen LogP contribution in [0.3, 0.4) is 0 Å². The molecule has 3 rings (SSSR count). The van der Waals surface area contributed by atoms with Crippen LogP contribution in [0.2, 0.25) is 0 Å². The van der Waals surface area contributed by atoms with E-state index in [1.165, 1.54) is 18.5 Å². The van der Waals surface area contributed by atoms with Crippen molar-refractivity contribution >= 4 is 5.96 Å². The molecule has 7 nitrogen and oxygen atoms in total. The molecule has 0 amide bonds. The summed E-state index contributed by atoms with van der Waals surface area (Å²) in [6.45, 7) is 2.07. The maximum Gasteiger partial charge on any atom is 0.416 e. The number of nitrogens with one attached hydrogen (secondary N) is 2. The number of nitrogens with zero attached hydrogens (tertiary/aromatic N) is 5. The zero-order valence-electron chi connectivity index (χ0n) is 17.4. The van der Waals surface area contributed by atoms with E-state index in [9.17, 15) is 13.2 Å². The average molecular weight is 423 g/mol. The van der Waals surface area contributed by atoms with Gasteiger partial charge in [-0.15, -0.1) is 0 Å². The molecule has 2 heterocycles. The van der Waals surface area contributed by atoms with Gasteiger partial charge in [-0.1, -0.05) is 12.1 Å². The minimum atomic E-state index is -4.32. The van der Waals surface area contributed by atoms with Gasteiger partial charge in [-0.05, 0) is 50.0 Å². The third-order valence-corrected chi connectivity index (χ3v) is 5.56. The number of guanidine groups is 1. The van der Waals surface area contributed by atoms with Crippen LogP contribution >= 0.6 is 0 Å². The van der Waals surface area contributed by atoms with Gasteiger partial charge >= 0.3 is 6.18 Å². The number of aromatic nitrogens is 3. The second-order valence-corrected chi connectivity index (χ2v) is 7.55. The number of hydrogen-bond acceptors (Lipinski definition) is 4. The number of hydrogen-bond donors (Lipinski definition) is 2. The first-order valence-corrected chi connectivity index (χ1v) is 9.94. The molecule has 1 aromatic heterocycles. The van der Waals surface area contributed by atoms with Gasteiger partial charge in [-0.3, -0.25) is 14.6 Å². The van der Waals surface area contributed by atoms with Gasteiger partial charge in [0.15, 0.2) is 5.96 Å². The van der Waals surface area contributed by atoms with Gasteiger partial charge in [0.1, 0.15) is 12.2 Å². The third-order valence-electron chi connectivity index (χ3n) is 5.56. The maximum atomic E-state index is 12.9. The van der Waals surface area contributed by atoms with E-state index in [2.05, 4.69) is 30.6 Å². The first kappa shape index (κ1) is 22.1. The summed E-state index contributed by atoms with van der Waals surface area (Å²) < 4.78 is 40.4. The van der Waals surface area contributed by atoms with Gasteiger partial charge < -0.3 is 10.6 Å². The highest BCUT2D eigenvalue weighted by atomic mass is 19.4. The zero-order chi connectivity index (χ0) is 21.7. The lowest BCUT2D eigenvalue weighted by atomic mass is 9.84. The molecule has 1 fully saturated rings. The standard InChI is InChI=1S/C20H28F3N7/c1-24-19(26-12-17-27-13-28-30(17)3)25-11-15-5-4-10-29(2)18(15)14-6-8-16(9-7-14)20(21,22)23/h6-9,13,15,18H,4-5,10-12H2,1-3H3,(H2,24,25,26). The maximum absolute atomic E-state index is 12.9. The molecular formula is C20H28F3N7. The first-order valence-electron chi connectivity index (χ1n) is 9.94. The molecule has 1 aliphatic heterocycles. The summed E-state index contributed by atoms with van der Waals surface area (Å²) in [5, 5.41) is 10.6. The zero-order valence-corrected chi connectivity index (χ0v) is 17.4. The summed E-state index contributed by atoms with van der Waals surface area (Å²) in [7, 11) is 5.55. The van der Waals surface area contributed by atoms with E-state index in [0.717, 1.165) is 30.8 Å². The molecule has 0 radical (unpaired) electrons. The minimum Gasteiger partial charge on any atom is -0.356 e. The summed E-state index contributed by atoms with van der Waals surface area (Å²) in [6.07, 6.45) is -0.785. The van der Waals surface area contributed by atoms with Crippen molar-refractivity contribution in [1.29, 1.82) is 0 Å². The minimum absolute atomic E-state index is 0.0466. The Labute approximate surface area is 174 Å². The van der Waals surface area contributed by atoms with Crippen molar-refractivity contribution in [2.75, 3.05) is 27.2 Å². The summed E-state index contributed by atoms with van der Waals surface area (Å²) in [5.41, 5.74) is 0.284. The monoisotopic (exact) mass is 423 g/mol. The van der Waals surface area contributed by atoms with Crippen molar-refractivity contribution < 1.29 is 13.2 Å². The molecule has 2 N–H and O–H groups in total. The summed E-state index contributed by atoms with van der Waals surface area (Å²) in [6, 6.07) is 5.59. The highest BCUT2D eigenvalue weighted by molar-refractivity contribution is 5.79. The molecule has 2 aromatic rings. The van der Waals surface area contributed by atoms with Gasteiger partial charge in [0.05, 0.1) is 12.1 Å². The molecule has 2 atom stereocenters. The predicted molar refractivity (Wildman–Crippen MR) is 109 cm³/mol. The number of alkyl halides is 3. The Morgan fingerprint density at radius 2 is 1.93 bits per heavy atom. The van der Waals surface area contributed by atoms with Crippen molar-refractivity contribution in [3.05, 3.63) is 47.5 Å². The number of likely N-dealkylation sites (tertiary alicyclic amines) is 1. The number of rotatable bonds is 5. The van der Waals surface area contributed by atoms with E-state index >= 15 is 0 Å². The van der Waals surface area contributed by atoms with E-state index < -0.39 is 11.7 Å². The largest absolute Gasteiger partial charge is 0.416 e. The van der Waals surface area contributed by atoms with Crippen molar-refractivity contribution in [1.82, 2.24) is 30.3 Å².